The molecule has 1 amide bonds. The maximum Gasteiger partial charge on any atom is 0.306 e. The smallest absolute Gasteiger partial charge is 0.306 e. The zero-order valence-corrected chi connectivity index (χ0v) is 19.7. The number of nitrogens with zero attached hydrogens (tertiary/aromatic N) is 1. The Morgan fingerprint density at radius 1 is 1.12 bits per heavy atom. The van der Waals surface area contributed by atoms with E-state index >= 15 is 0 Å². The summed E-state index contributed by atoms with van der Waals surface area (Å²) < 4.78 is 11.3. The molecule has 0 aliphatic carbocycles. The van der Waals surface area contributed by atoms with Crippen LogP contribution in [0.25, 0.3) is 0 Å². The predicted molar refractivity (Wildman–Crippen MR) is 125 cm³/mol. The van der Waals surface area contributed by atoms with Gasteiger partial charge in [0, 0.05) is 29.7 Å². The third-order valence-electron chi connectivity index (χ3n) is 5.73. The van der Waals surface area contributed by atoms with Crippen molar-refractivity contribution in [3.05, 3.63) is 64.7 Å². The van der Waals surface area contributed by atoms with Crippen molar-refractivity contribution in [2.24, 2.45) is 5.73 Å². The summed E-state index contributed by atoms with van der Waals surface area (Å²) in [4.78, 5) is 49.9. The van der Waals surface area contributed by atoms with Crippen LogP contribution in [0.15, 0.2) is 42.5 Å². The second-order valence-corrected chi connectivity index (χ2v) is 9.33. The van der Waals surface area contributed by atoms with Crippen LogP contribution in [0, 0.1) is 0 Å². The van der Waals surface area contributed by atoms with E-state index in [1.165, 1.54) is 4.90 Å². The van der Waals surface area contributed by atoms with E-state index in [1.807, 2.05) is 0 Å². The van der Waals surface area contributed by atoms with Gasteiger partial charge in [0.2, 0.25) is 0 Å². The summed E-state index contributed by atoms with van der Waals surface area (Å²) in [6.07, 6.45) is 1.43. The van der Waals surface area contributed by atoms with Crippen molar-refractivity contribution in [2.75, 3.05) is 6.54 Å². The maximum absolute atomic E-state index is 13.2. The highest BCUT2D eigenvalue weighted by Gasteiger charge is 2.44. The van der Waals surface area contributed by atoms with Crippen molar-refractivity contribution in [3.63, 3.8) is 0 Å². The Balaban J connectivity index is 1.77. The fraction of sp³-hybridized carbons (Fsp3) is 0.385. The molecule has 8 heteroatoms. The first kappa shape index (κ1) is 25.1. The molecule has 2 aromatic rings. The summed E-state index contributed by atoms with van der Waals surface area (Å²) >= 11 is 0. The Labute approximate surface area is 199 Å². The Bertz CT molecular complexity index is 1070. The monoisotopic (exact) mass is 466 g/mol. The third kappa shape index (κ3) is 5.51. The van der Waals surface area contributed by atoms with Crippen LogP contribution < -0.4 is 10.5 Å². The van der Waals surface area contributed by atoms with E-state index in [2.05, 4.69) is 0 Å². The molecule has 180 valence electrons. The quantitative estimate of drug-likeness (QED) is 0.423. The SMILES string of the molecule is CC(C)(C)OC(=O)CCC(C=O)(CN)N1Cc2c(OCc3ccc(C=O)cc3)cccc2C1=O. The molecule has 0 saturated carbocycles. The Morgan fingerprint density at radius 2 is 1.82 bits per heavy atom. The lowest BCUT2D eigenvalue weighted by Crippen LogP contribution is -2.55. The van der Waals surface area contributed by atoms with Crippen molar-refractivity contribution < 1.29 is 28.7 Å². The van der Waals surface area contributed by atoms with Crippen LogP contribution in [0.1, 0.15) is 65.5 Å². The number of amides is 1. The number of rotatable bonds is 10. The number of fused-ring (bicyclic) bond motifs is 1. The number of ether oxygens (including phenoxy) is 2. The topological polar surface area (TPSA) is 116 Å². The van der Waals surface area contributed by atoms with Gasteiger partial charge in [0.05, 0.1) is 6.54 Å². The highest BCUT2D eigenvalue weighted by Crippen LogP contribution is 2.36. The number of carbonyl (C=O) groups is 4. The summed E-state index contributed by atoms with van der Waals surface area (Å²) in [5.41, 5.74) is 6.52. The minimum Gasteiger partial charge on any atom is -0.489 e. The first-order chi connectivity index (χ1) is 16.1. The first-order valence-corrected chi connectivity index (χ1v) is 11.1. The van der Waals surface area contributed by atoms with Crippen molar-refractivity contribution >= 4 is 24.4 Å². The molecule has 0 spiro atoms. The van der Waals surface area contributed by atoms with Crippen LogP contribution in [0.3, 0.4) is 0 Å². The largest absolute Gasteiger partial charge is 0.489 e. The molecule has 1 aliphatic rings. The lowest BCUT2D eigenvalue weighted by Gasteiger charge is -2.36. The molecule has 2 N–H and O–H groups in total. The van der Waals surface area contributed by atoms with Gasteiger partial charge in [-0.25, -0.2) is 0 Å². The molecule has 0 aromatic heterocycles. The Morgan fingerprint density at radius 3 is 2.41 bits per heavy atom. The molecule has 34 heavy (non-hydrogen) atoms. The fourth-order valence-corrected chi connectivity index (χ4v) is 3.88. The molecule has 1 atom stereocenters. The number of hydrogen-bond donors (Lipinski definition) is 1. The Kier molecular flexibility index (Phi) is 7.51. The summed E-state index contributed by atoms with van der Waals surface area (Å²) in [7, 11) is 0. The van der Waals surface area contributed by atoms with Crippen LogP contribution >= 0.6 is 0 Å². The standard InChI is InChI=1S/C26H30N2O6/c1-25(2,3)34-23(31)11-12-26(16-27,17-30)28-13-21-20(24(28)32)5-4-6-22(21)33-15-19-9-7-18(14-29)8-10-19/h4-10,14,17H,11-13,15-16,27H2,1-3H3. The van der Waals surface area contributed by atoms with E-state index in [9.17, 15) is 19.2 Å². The second-order valence-electron chi connectivity index (χ2n) is 9.33. The van der Waals surface area contributed by atoms with Crippen molar-refractivity contribution in [2.45, 2.75) is 57.9 Å². The molecule has 3 rings (SSSR count). The van der Waals surface area contributed by atoms with Gasteiger partial charge in [-0.1, -0.05) is 30.3 Å². The molecule has 0 bridgehead atoms. The van der Waals surface area contributed by atoms with Gasteiger partial charge in [-0.15, -0.1) is 0 Å². The molecule has 2 aromatic carbocycles. The van der Waals surface area contributed by atoms with Crippen LogP contribution in [0.5, 0.6) is 5.75 Å². The average Bonchev–Trinajstić information content (AvgIpc) is 3.15. The molecule has 1 unspecified atom stereocenters. The summed E-state index contributed by atoms with van der Waals surface area (Å²) in [6, 6.07) is 12.2. The zero-order valence-electron chi connectivity index (χ0n) is 19.7. The molecular weight excluding hydrogens is 436 g/mol. The molecule has 0 fully saturated rings. The highest BCUT2D eigenvalue weighted by atomic mass is 16.6. The molecular formula is C26H30N2O6. The number of esters is 1. The van der Waals surface area contributed by atoms with Crippen molar-refractivity contribution in [3.8, 4) is 5.75 Å². The van der Waals surface area contributed by atoms with Gasteiger partial charge in [-0.05, 0) is 44.9 Å². The van der Waals surface area contributed by atoms with Crippen molar-refractivity contribution in [1.82, 2.24) is 4.90 Å². The van der Waals surface area contributed by atoms with Crippen LogP contribution in [-0.2, 0) is 27.5 Å². The fourth-order valence-electron chi connectivity index (χ4n) is 3.88. The van der Waals surface area contributed by atoms with E-state index in [4.69, 9.17) is 15.2 Å². The molecule has 1 aliphatic heterocycles. The van der Waals surface area contributed by atoms with E-state index in [0.717, 1.165) is 11.8 Å². The summed E-state index contributed by atoms with van der Waals surface area (Å²) in [5, 5.41) is 0. The van der Waals surface area contributed by atoms with E-state index in [-0.39, 0.29) is 38.4 Å². The van der Waals surface area contributed by atoms with Gasteiger partial charge < -0.3 is 24.9 Å². The predicted octanol–water partition coefficient (Wildman–Crippen LogP) is 3.05. The number of hydrogen-bond acceptors (Lipinski definition) is 7. The molecule has 0 radical (unpaired) electrons. The van der Waals surface area contributed by atoms with Gasteiger partial charge in [0.15, 0.2) is 0 Å². The molecule has 0 saturated heterocycles. The van der Waals surface area contributed by atoms with E-state index in [0.29, 0.717) is 28.7 Å². The second kappa shape index (κ2) is 10.2. The maximum atomic E-state index is 13.2. The molecule has 1 heterocycles. The van der Waals surface area contributed by atoms with Gasteiger partial charge in [-0.3, -0.25) is 14.4 Å². The van der Waals surface area contributed by atoms with Gasteiger partial charge >= 0.3 is 5.97 Å². The minimum atomic E-state index is -1.34. The lowest BCUT2D eigenvalue weighted by atomic mass is 9.92. The minimum absolute atomic E-state index is 0.0481. The summed E-state index contributed by atoms with van der Waals surface area (Å²) in [5.74, 6) is -0.268. The van der Waals surface area contributed by atoms with Gasteiger partial charge in [-0.2, -0.15) is 0 Å². The highest BCUT2D eigenvalue weighted by molar-refractivity contribution is 6.01. The number of benzene rings is 2. The van der Waals surface area contributed by atoms with E-state index < -0.39 is 17.1 Å². The third-order valence-corrected chi connectivity index (χ3v) is 5.73. The normalized spacial score (nSPS) is 14.8. The number of aldehydes is 2. The summed E-state index contributed by atoms with van der Waals surface area (Å²) in [6.45, 7) is 5.55. The average molecular weight is 467 g/mol. The number of nitrogens with two attached hydrogens (primary N) is 1. The lowest BCUT2D eigenvalue weighted by molar-refractivity contribution is -0.155. The van der Waals surface area contributed by atoms with Crippen LogP contribution in [0.2, 0.25) is 0 Å². The van der Waals surface area contributed by atoms with Gasteiger partial charge in [0.1, 0.15) is 36.1 Å². The van der Waals surface area contributed by atoms with Gasteiger partial charge in [0.25, 0.3) is 5.91 Å². The van der Waals surface area contributed by atoms with Crippen molar-refractivity contribution in [1.29, 1.82) is 0 Å². The number of carbonyl (C=O) groups excluding carboxylic acids is 4. The Hall–Kier alpha value is -3.52. The van der Waals surface area contributed by atoms with Crippen LogP contribution in [-0.4, -0.2) is 47.0 Å². The molecule has 8 nitrogen and oxygen atoms in total. The first-order valence-electron chi connectivity index (χ1n) is 11.1. The zero-order chi connectivity index (χ0) is 24.9. The van der Waals surface area contributed by atoms with Crippen LogP contribution in [0.4, 0.5) is 0 Å². The van der Waals surface area contributed by atoms with E-state index in [1.54, 1.807) is 63.2 Å².